The first-order valence-corrected chi connectivity index (χ1v) is 10.4. The maximum atomic E-state index is 13.1. The Labute approximate surface area is 191 Å². The molecule has 1 atom stereocenters. The van der Waals surface area contributed by atoms with Gasteiger partial charge < -0.3 is 19.5 Å². The number of rotatable bonds is 4. The van der Waals surface area contributed by atoms with Crippen LogP contribution in [-0.4, -0.2) is 34.2 Å². The summed E-state index contributed by atoms with van der Waals surface area (Å²) in [5.41, 5.74) is 1.67. The largest absolute Gasteiger partial charge is 0.507 e. The number of hydrogen-bond donors (Lipinski definition) is 2. The molecule has 9 heteroatoms. The van der Waals surface area contributed by atoms with Crippen molar-refractivity contribution in [3.63, 3.8) is 0 Å². The monoisotopic (exact) mass is 498 g/mol. The van der Waals surface area contributed by atoms with Gasteiger partial charge in [0.1, 0.15) is 11.5 Å². The van der Waals surface area contributed by atoms with E-state index in [1.807, 2.05) is 6.92 Å². The second-order valence-corrected chi connectivity index (χ2v) is 8.24. The van der Waals surface area contributed by atoms with E-state index >= 15 is 0 Å². The molecule has 0 bridgehead atoms. The second-order valence-electron chi connectivity index (χ2n) is 7.38. The number of nitrogens with zero attached hydrogens (tertiary/aromatic N) is 2. The van der Waals surface area contributed by atoms with Gasteiger partial charge in [0.25, 0.3) is 5.78 Å². The van der Waals surface area contributed by atoms with Crippen molar-refractivity contribution in [1.29, 1.82) is 0 Å². The van der Waals surface area contributed by atoms with Crippen molar-refractivity contribution >= 4 is 39.2 Å². The molecule has 1 aliphatic rings. The second kappa shape index (κ2) is 8.16. The molecule has 1 fully saturated rings. The Morgan fingerprint density at radius 1 is 1.16 bits per heavy atom. The molecule has 2 aromatic carbocycles. The normalized spacial score (nSPS) is 17.8. The fourth-order valence-corrected chi connectivity index (χ4v) is 4.08. The molecule has 32 heavy (non-hydrogen) atoms. The first kappa shape index (κ1) is 21.6. The van der Waals surface area contributed by atoms with E-state index in [0.29, 0.717) is 21.4 Å². The lowest BCUT2D eigenvalue weighted by molar-refractivity contribution is -0.132. The van der Waals surface area contributed by atoms with Crippen molar-refractivity contribution in [3.05, 3.63) is 75.0 Å². The van der Waals surface area contributed by atoms with Gasteiger partial charge in [0, 0.05) is 11.6 Å². The Bertz CT molecular complexity index is 1260. The summed E-state index contributed by atoms with van der Waals surface area (Å²) in [4.78, 5) is 27.3. The van der Waals surface area contributed by atoms with Gasteiger partial charge in [-0.25, -0.2) is 0 Å². The summed E-state index contributed by atoms with van der Waals surface area (Å²) in [6, 6.07) is 10.5. The first-order chi connectivity index (χ1) is 15.2. The number of carbonyl (C=O) groups is 2. The van der Waals surface area contributed by atoms with Crippen LogP contribution in [0.1, 0.15) is 28.5 Å². The number of ketones is 1. The number of phenolic OH excluding ortho intramolecular Hbond substituents is 1. The molecule has 1 saturated heterocycles. The zero-order chi connectivity index (χ0) is 23.2. The minimum atomic E-state index is -1.04. The predicted molar refractivity (Wildman–Crippen MR) is 120 cm³/mol. The van der Waals surface area contributed by atoms with Gasteiger partial charge in [0.15, 0.2) is 17.3 Å². The van der Waals surface area contributed by atoms with Crippen LogP contribution in [-0.2, 0) is 9.59 Å². The molecule has 0 aliphatic carbocycles. The maximum Gasteiger partial charge on any atom is 0.301 e. The summed E-state index contributed by atoms with van der Waals surface area (Å²) in [7, 11) is 1.38. The van der Waals surface area contributed by atoms with Gasteiger partial charge in [0.2, 0.25) is 0 Å². The molecule has 0 saturated carbocycles. The van der Waals surface area contributed by atoms with Gasteiger partial charge in [0.05, 0.1) is 23.2 Å². The minimum Gasteiger partial charge on any atom is -0.507 e. The quantitative estimate of drug-likeness (QED) is 0.311. The Kier molecular flexibility index (Phi) is 5.52. The standard InChI is InChI=1S/C23H19BrN2O6/c1-11-4-6-13(7-5-11)20(27)18-19(14-9-15(24)21(28)16(10-14)31-3)26(23(30)22(18)29)17-8-12(2)32-25-17/h4-10,19,27-28H,1-3H3/t19-/m0/s1. The number of aryl methyl sites for hydroxylation is 2. The average molecular weight is 499 g/mol. The third-order valence-electron chi connectivity index (χ3n) is 5.22. The van der Waals surface area contributed by atoms with Crippen LogP contribution < -0.4 is 9.64 Å². The number of Topliss-reactive ketones (excluding diaryl/α,β-unsaturated/α-hetero) is 1. The van der Waals surface area contributed by atoms with Gasteiger partial charge in [-0.15, -0.1) is 0 Å². The number of aliphatic hydroxyl groups excluding tert-OH is 1. The van der Waals surface area contributed by atoms with Crippen molar-refractivity contribution < 1.29 is 29.1 Å². The molecule has 0 spiro atoms. The smallest absolute Gasteiger partial charge is 0.301 e. The van der Waals surface area contributed by atoms with Crippen molar-refractivity contribution in [2.24, 2.45) is 0 Å². The van der Waals surface area contributed by atoms with Crippen molar-refractivity contribution in [2.45, 2.75) is 19.9 Å². The van der Waals surface area contributed by atoms with E-state index in [1.165, 1.54) is 19.2 Å². The number of carbonyl (C=O) groups excluding carboxylic acids is 2. The number of halogens is 1. The SMILES string of the molecule is COc1cc([C@H]2C(=C(O)c3ccc(C)cc3)C(=O)C(=O)N2c2cc(C)on2)cc(Br)c1O. The molecule has 3 aromatic rings. The summed E-state index contributed by atoms with van der Waals surface area (Å²) in [5, 5.41) is 25.2. The summed E-state index contributed by atoms with van der Waals surface area (Å²) in [5.74, 6) is -1.48. The zero-order valence-corrected chi connectivity index (χ0v) is 19.0. The van der Waals surface area contributed by atoms with E-state index in [0.717, 1.165) is 10.5 Å². The lowest BCUT2D eigenvalue weighted by Gasteiger charge is -2.23. The molecule has 2 N–H and O–H groups in total. The third-order valence-corrected chi connectivity index (χ3v) is 5.82. The number of hydrogen-bond acceptors (Lipinski definition) is 7. The van der Waals surface area contributed by atoms with Gasteiger partial charge in [-0.2, -0.15) is 0 Å². The van der Waals surface area contributed by atoms with Crippen LogP contribution in [0.3, 0.4) is 0 Å². The van der Waals surface area contributed by atoms with Crippen LogP contribution in [0, 0.1) is 13.8 Å². The molecule has 1 aromatic heterocycles. The Hall–Kier alpha value is -3.59. The highest BCUT2D eigenvalue weighted by molar-refractivity contribution is 9.10. The molecule has 1 aliphatic heterocycles. The molecular formula is C23H19BrN2O6. The highest BCUT2D eigenvalue weighted by Crippen LogP contribution is 2.45. The number of anilines is 1. The number of aliphatic hydroxyl groups is 1. The Balaban J connectivity index is 1.99. The van der Waals surface area contributed by atoms with Crippen molar-refractivity contribution in [1.82, 2.24) is 5.16 Å². The lowest BCUT2D eigenvalue weighted by Crippen LogP contribution is -2.29. The van der Waals surface area contributed by atoms with Crippen molar-refractivity contribution in [2.75, 3.05) is 12.0 Å². The van der Waals surface area contributed by atoms with E-state index in [9.17, 15) is 19.8 Å². The van der Waals surface area contributed by atoms with Gasteiger partial charge in [-0.05, 0) is 47.5 Å². The molecule has 0 radical (unpaired) electrons. The van der Waals surface area contributed by atoms with Crippen LogP contribution in [0.15, 0.2) is 57.0 Å². The first-order valence-electron chi connectivity index (χ1n) is 9.60. The van der Waals surface area contributed by atoms with E-state index in [-0.39, 0.29) is 28.6 Å². The van der Waals surface area contributed by atoms with Gasteiger partial charge in [-0.3, -0.25) is 14.5 Å². The topological polar surface area (TPSA) is 113 Å². The maximum absolute atomic E-state index is 13.1. The fraction of sp³-hybridized carbons (Fsp3) is 0.174. The number of aromatic nitrogens is 1. The van der Waals surface area contributed by atoms with Crippen LogP contribution in [0.5, 0.6) is 11.5 Å². The van der Waals surface area contributed by atoms with E-state index in [2.05, 4.69) is 21.1 Å². The Morgan fingerprint density at radius 3 is 2.44 bits per heavy atom. The van der Waals surface area contributed by atoms with Crippen molar-refractivity contribution in [3.8, 4) is 11.5 Å². The van der Waals surface area contributed by atoms with Crippen LogP contribution in [0.4, 0.5) is 5.82 Å². The minimum absolute atomic E-state index is 0.112. The summed E-state index contributed by atoms with van der Waals surface area (Å²) in [6.45, 7) is 3.56. The number of aromatic hydroxyl groups is 1. The number of ether oxygens (including phenoxy) is 1. The lowest BCUT2D eigenvalue weighted by atomic mass is 9.94. The highest BCUT2D eigenvalue weighted by Gasteiger charge is 2.48. The summed E-state index contributed by atoms with van der Waals surface area (Å²) < 4.78 is 10.7. The molecule has 164 valence electrons. The molecular weight excluding hydrogens is 480 g/mol. The molecule has 8 nitrogen and oxygen atoms in total. The van der Waals surface area contributed by atoms with Gasteiger partial charge in [-0.1, -0.05) is 35.0 Å². The number of benzene rings is 2. The molecule has 0 unspecified atom stereocenters. The molecule has 1 amide bonds. The van der Waals surface area contributed by atoms with Crippen LogP contribution in [0.25, 0.3) is 5.76 Å². The van der Waals surface area contributed by atoms with Gasteiger partial charge >= 0.3 is 5.91 Å². The van der Waals surface area contributed by atoms with Crippen LogP contribution >= 0.6 is 15.9 Å². The zero-order valence-electron chi connectivity index (χ0n) is 17.4. The number of phenols is 1. The summed E-state index contributed by atoms with van der Waals surface area (Å²) >= 11 is 3.27. The molecule has 2 heterocycles. The predicted octanol–water partition coefficient (Wildman–Crippen LogP) is 4.39. The fourth-order valence-electron chi connectivity index (χ4n) is 3.63. The molecule has 4 rings (SSSR count). The average Bonchev–Trinajstić information content (AvgIpc) is 3.31. The van der Waals surface area contributed by atoms with Crippen LogP contribution in [0.2, 0.25) is 0 Å². The third kappa shape index (κ3) is 3.54. The summed E-state index contributed by atoms with van der Waals surface area (Å²) in [6.07, 6.45) is 0. The number of amides is 1. The number of methoxy groups -OCH3 is 1. The van der Waals surface area contributed by atoms with E-state index in [4.69, 9.17) is 9.26 Å². The highest BCUT2D eigenvalue weighted by atomic mass is 79.9. The van der Waals surface area contributed by atoms with E-state index < -0.39 is 17.7 Å². The van der Waals surface area contributed by atoms with E-state index in [1.54, 1.807) is 37.3 Å². The Morgan fingerprint density at radius 2 is 1.84 bits per heavy atom.